The molecule has 1 aromatic heterocycles. The van der Waals surface area contributed by atoms with Crippen molar-refractivity contribution in [2.24, 2.45) is 5.92 Å². The molecule has 1 aromatic rings. The highest BCUT2D eigenvalue weighted by Crippen LogP contribution is 2.27. The Morgan fingerprint density at radius 1 is 1.44 bits per heavy atom. The van der Waals surface area contributed by atoms with Crippen molar-refractivity contribution < 1.29 is 9.90 Å². The molecule has 18 heavy (non-hydrogen) atoms. The van der Waals surface area contributed by atoms with Gasteiger partial charge in [-0.2, -0.15) is 0 Å². The summed E-state index contributed by atoms with van der Waals surface area (Å²) >= 11 is 0. The van der Waals surface area contributed by atoms with Gasteiger partial charge >= 0.3 is 5.97 Å². The van der Waals surface area contributed by atoms with E-state index in [-0.39, 0.29) is 0 Å². The number of hydrogen-bond donors (Lipinski definition) is 2. The van der Waals surface area contributed by atoms with E-state index in [1.165, 1.54) is 25.7 Å². The van der Waals surface area contributed by atoms with Crippen molar-refractivity contribution in [3.63, 3.8) is 0 Å². The SMILES string of the molecule is Cc1cc(C(=O)O)cc(NCCC2CCCC2)n1. The fourth-order valence-corrected chi connectivity index (χ4v) is 2.59. The van der Waals surface area contributed by atoms with Crippen LogP contribution in [0.15, 0.2) is 12.1 Å². The van der Waals surface area contributed by atoms with E-state index in [0.29, 0.717) is 11.4 Å². The Hall–Kier alpha value is -1.58. The van der Waals surface area contributed by atoms with Gasteiger partial charge in [0.05, 0.1) is 5.56 Å². The number of hydrogen-bond acceptors (Lipinski definition) is 3. The number of nitrogens with zero attached hydrogens (tertiary/aromatic N) is 1. The molecule has 2 rings (SSSR count). The maximum absolute atomic E-state index is 10.9. The van der Waals surface area contributed by atoms with Crippen LogP contribution in [-0.4, -0.2) is 22.6 Å². The summed E-state index contributed by atoms with van der Waals surface area (Å²) in [6.07, 6.45) is 6.54. The molecule has 0 aromatic carbocycles. The second-order valence-electron chi connectivity index (χ2n) is 5.05. The lowest BCUT2D eigenvalue weighted by atomic mass is 10.0. The lowest BCUT2D eigenvalue weighted by Crippen LogP contribution is -2.09. The maximum atomic E-state index is 10.9. The zero-order valence-electron chi connectivity index (χ0n) is 10.8. The summed E-state index contributed by atoms with van der Waals surface area (Å²) in [6, 6.07) is 3.19. The molecular formula is C14H20N2O2. The monoisotopic (exact) mass is 248 g/mol. The van der Waals surface area contributed by atoms with E-state index in [1.807, 2.05) is 6.92 Å². The third kappa shape index (κ3) is 3.45. The maximum Gasteiger partial charge on any atom is 0.335 e. The minimum Gasteiger partial charge on any atom is -0.478 e. The van der Waals surface area contributed by atoms with Gasteiger partial charge in [-0.05, 0) is 31.4 Å². The van der Waals surface area contributed by atoms with Crippen LogP contribution in [-0.2, 0) is 0 Å². The molecule has 1 aliphatic rings. The number of nitrogens with one attached hydrogen (secondary N) is 1. The summed E-state index contributed by atoms with van der Waals surface area (Å²) in [5.41, 5.74) is 1.03. The van der Waals surface area contributed by atoms with Crippen LogP contribution in [0, 0.1) is 12.8 Å². The highest BCUT2D eigenvalue weighted by molar-refractivity contribution is 5.88. The lowest BCUT2D eigenvalue weighted by Gasteiger charge is -2.11. The average molecular weight is 248 g/mol. The number of pyridine rings is 1. The first-order valence-electron chi connectivity index (χ1n) is 6.61. The van der Waals surface area contributed by atoms with Crippen molar-refractivity contribution in [3.05, 3.63) is 23.4 Å². The van der Waals surface area contributed by atoms with Crippen LogP contribution in [0.5, 0.6) is 0 Å². The minimum absolute atomic E-state index is 0.297. The van der Waals surface area contributed by atoms with E-state index in [4.69, 9.17) is 5.11 Å². The second-order valence-corrected chi connectivity index (χ2v) is 5.05. The first kappa shape index (κ1) is 12.9. The molecule has 1 aliphatic carbocycles. The highest BCUT2D eigenvalue weighted by atomic mass is 16.4. The lowest BCUT2D eigenvalue weighted by molar-refractivity contribution is 0.0696. The van der Waals surface area contributed by atoms with E-state index in [1.54, 1.807) is 12.1 Å². The molecule has 0 amide bonds. The van der Waals surface area contributed by atoms with E-state index >= 15 is 0 Å². The van der Waals surface area contributed by atoms with Crippen LogP contribution >= 0.6 is 0 Å². The number of anilines is 1. The van der Waals surface area contributed by atoms with Gasteiger partial charge in [0, 0.05) is 12.2 Å². The van der Waals surface area contributed by atoms with E-state index in [0.717, 1.165) is 24.6 Å². The smallest absolute Gasteiger partial charge is 0.335 e. The number of aryl methyl sites for hydroxylation is 1. The number of aromatic nitrogens is 1. The minimum atomic E-state index is -0.903. The number of carboxylic acid groups (broad SMARTS) is 1. The molecule has 1 fully saturated rings. The summed E-state index contributed by atoms with van der Waals surface area (Å²) in [5.74, 6) is 0.603. The summed E-state index contributed by atoms with van der Waals surface area (Å²) in [5, 5.41) is 12.2. The van der Waals surface area contributed by atoms with Gasteiger partial charge in [0.25, 0.3) is 0 Å². The molecule has 4 heteroatoms. The zero-order valence-corrected chi connectivity index (χ0v) is 10.8. The molecule has 1 heterocycles. The molecule has 0 spiro atoms. The normalized spacial score (nSPS) is 15.8. The van der Waals surface area contributed by atoms with Gasteiger partial charge in [-0.3, -0.25) is 0 Å². The van der Waals surface area contributed by atoms with Crippen molar-refractivity contribution >= 4 is 11.8 Å². The van der Waals surface area contributed by atoms with Crippen LogP contribution in [0.1, 0.15) is 48.2 Å². The standard InChI is InChI=1S/C14H20N2O2/c1-10-8-12(14(17)18)9-13(16-10)15-7-6-11-4-2-3-5-11/h8-9,11H,2-7H2,1H3,(H,15,16)(H,17,18). The molecule has 0 bridgehead atoms. The Balaban J connectivity index is 1.89. The van der Waals surface area contributed by atoms with E-state index in [2.05, 4.69) is 10.3 Å². The Morgan fingerprint density at radius 2 is 2.17 bits per heavy atom. The average Bonchev–Trinajstić information content (AvgIpc) is 2.81. The molecule has 98 valence electrons. The molecule has 1 saturated carbocycles. The molecule has 0 radical (unpaired) electrons. The predicted molar refractivity (Wildman–Crippen MR) is 71.0 cm³/mol. The first-order valence-corrected chi connectivity index (χ1v) is 6.61. The topological polar surface area (TPSA) is 62.2 Å². The molecule has 4 nitrogen and oxygen atoms in total. The van der Waals surface area contributed by atoms with Crippen molar-refractivity contribution in [1.29, 1.82) is 0 Å². The third-order valence-electron chi connectivity index (χ3n) is 3.53. The van der Waals surface area contributed by atoms with Gasteiger partial charge in [-0.15, -0.1) is 0 Å². The van der Waals surface area contributed by atoms with Gasteiger partial charge < -0.3 is 10.4 Å². The van der Waals surface area contributed by atoms with Gasteiger partial charge in [0.2, 0.25) is 0 Å². The van der Waals surface area contributed by atoms with Gasteiger partial charge in [-0.1, -0.05) is 25.7 Å². The Morgan fingerprint density at radius 3 is 2.83 bits per heavy atom. The van der Waals surface area contributed by atoms with Crippen molar-refractivity contribution in [2.75, 3.05) is 11.9 Å². The zero-order chi connectivity index (χ0) is 13.0. The van der Waals surface area contributed by atoms with Crippen LogP contribution < -0.4 is 5.32 Å². The highest BCUT2D eigenvalue weighted by Gasteiger charge is 2.14. The summed E-state index contributed by atoms with van der Waals surface area (Å²) in [7, 11) is 0. The van der Waals surface area contributed by atoms with Gasteiger partial charge in [0.1, 0.15) is 5.82 Å². The third-order valence-corrected chi connectivity index (χ3v) is 3.53. The molecule has 0 saturated heterocycles. The van der Waals surface area contributed by atoms with Gasteiger partial charge in [-0.25, -0.2) is 9.78 Å². The molecule has 0 aliphatic heterocycles. The Labute approximate surface area is 107 Å². The van der Waals surface area contributed by atoms with Crippen LogP contribution in [0.2, 0.25) is 0 Å². The fourth-order valence-electron chi connectivity index (χ4n) is 2.59. The largest absolute Gasteiger partial charge is 0.478 e. The van der Waals surface area contributed by atoms with Crippen LogP contribution in [0.25, 0.3) is 0 Å². The van der Waals surface area contributed by atoms with Crippen LogP contribution in [0.3, 0.4) is 0 Å². The summed E-state index contributed by atoms with van der Waals surface area (Å²) in [6.45, 7) is 2.69. The van der Waals surface area contributed by atoms with Gasteiger partial charge in [0.15, 0.2) is 0 Å². The van der Waals surface area contributed by atoms with E-state index in [9.17, 15) is 4.79 Å². The molecular weight excluding hydrogens is 228 g/mol. The second kappa shape index (κ2) is 5.85. The molecule has 2 N–H and O–H groups in total. The number of rotatable bonds is 5. The molecule has 0 atom stereocenters. The number of carbonyl (C=O) groups is 1. The van der Waals surface area contributed by atoms with Crippen molar-refractivity contribution in [1.82, 2.24) is 4.98 Å². The van der Waals surface area contributed by atoms with Crippen molar-refractivity contribution in [3.8, 4) is 0 Å². The number of carboxylic acids is 1. The number of aromatic carboxylic acids is 1. The van der Waals surface area contributed by atoms with Crippen LogP contribution in [0.4, 0.5) is 5.82 Å². The molecule has 0 unspecified atom stereocenters. The summed E-state index contributed by atoms with van der Waals surface area (Å²) < 4.78 is 0. The quantitative estimate of drug-likeness (QED) is 0.840. The van der Waals surface area contributed by atoms with E-state index < -0.39 is 5.97 Å². The van der Waals surface area contributed by atoms with Crippen molar-refractivity contribution in [2.45, 2.75) is 39.0 Å². The Kier molecular flexibility index (Phi) is 4.18. The predicted octanol–water partition coefficient (Wildman–Crippen LogP) is 3.08. The Bertz CT molecular complexity index is 426. The first-order chi connectivity index (χ1) is 8.65. The fraction of sp³-hybridized carbons (Fsp3) is 0.571. The summed E-state index contributed by atoms with van der Waals surface area (Å²) in [4.78, 5) is 15.2.